The van der Waals surface area contributed by atoms with Gasteiger partial charge < -0.3 is 15.1 Å². The first-order chi connectivity index (χ1) is 16.4. The molecule has 1 N–H and O–H groups in total. The van der Waals surface area contributed by atoms with Crippen LogP contribution in [0.15, 0.2) is 78.0 Å². The summed E-state index contributed by atoms with van der Waals surface area (Å²) >= 11 is 6.09. The highest BCUT2D eigenvalue weighted by Crippen LogP contribution is 2.28. The van der Waals surface area contributed by atoms with Crippen molar-refractivity contribution in [2.24, 2.45) is 5.16 Å². The maximum atomic E-state index is 13.4. The van der Waals surface area contributed by atoms with Gasteiger partial charge in [0, 0.05) is 30.3 Å². The first-order valence-corrected chi connectivity index (χ1v) is 11.1. The Morgan fingerprint density at radius 1 is 0.971 bits per heavy atom. The summed E-state index contributed by atoms with van der Waals surface area (Å²) in [5.74, 6) is -1.00. The van der Waals surface area contributed by atoms with Gasteiger partial charge in [-0.1, -0.05) is 47.1 Å². The molecule has 8 heteroatoms. The summed E-state index contributed by atoms with van der Waals surface area (Å²) in [6.45, 7) is 1.78. The SMILES string of the molecule is CC(=O)ON=C1CCCN(C(=O)c2ccc(NC(=O)c3ccccc3Cl)cc2)c2ccccc21. The van der Waals surface area contributed by atoms with E-state index in [0.29, 0.717) is 52.6 Å². The third kappa shape index (κ3) is 5.15. The Kier molecular flexibility index (Phi) is 7.04. The second-order valence-corrected chi connectivity index (χ2v) is 8.12. The fraction of sp³-hybridized carbons (Fsp3) is 0.154. The monoisotopic (exact) mass is 475 g/mol. The fourth-order valence-electron chi connectivity index (χ4n) is 3.73. The molecule has 1 aliphatic rings. The van der Waals surface area contributed by atoms with E-state index in [2.05, 4.69) is 10.5 Å². The van der Waals surface area contributed by atoms with Gasteiger partial charge in [-0.25, -0.2) is 4.79 Å². The average Bonchev–Trinajstić information content (AvgIpc) is 3.02. The van der Waals surface area contributed by atoms with E-state index >= 15 is 0 Å². The first-order valence-electron chi connectivity index (χ1n) is 10.8. The number of amides is 2. The summed E-state index contributed by atoms with van der Waals surface area (Å²) in [6, 6.07) is 20.9. The van der Waals surface area contributed by atoms with Gasteiger partial charge in [0.2, 0.25) is 0 Å². The summed E-state index contributed by atoms with van der Waals surface area (Å²) in [6.07, 6.45) is 1.23. The lowest BCUT2D eigenvalue weighted by Gasteiger charge is -2.23. The highest BCUT2D eigenvalue weighted by atomic mass is 35.5. The zero-order chi connectivity index (χ0) is 24.1. The molecule has 0 saturated carbocycles. The minimum atomic E-state index is -0.496. The van der Waals surface area contributed by atoms with Crippen LogP contribution in [0.2, 0.25) is 5.02 Å². The Hall–Kier alpha value is -3.97. The largest absolute Gasteiger partial charge is 0.331 e. The van der Waals surface area contributed by atoms with Gasteiger partial charge >= 0.3 is 5.97 Å². The number of anilines is 2. The Morgan fingerprint density at radius 2 is 1.68 bits per heavy atom. The molecule has 0 atom stereocenters. The molecular formula is C26H22ClN3O4. The van der Waals surface area contributed by atoms with Crippen molar-refractivity contribution in [2.45, 2.75) is 19.8 Å². The molecule has 7 nitrogen and oxygen atoms in total. The fourth-order valence-corrected chi connectivity index (χ4v) is 3.96. The lowest BCUT2D eigenvalue weighted by atomic mass is 10.1. The Balaban J connectivity index is 1.54. The van der Waals surface area contributed by atoms with E-state index < -0.39 is 5.97 Å². The number of carbonyl (C=O) groups excluding carboxylic acids is 3. The number of benzene rings is 3. The molecule has 4 rings (SSSR count). The van der Waals surface area contributed by atoms with Crippen LogP contribution < -0.4 is 10.2 Å². The van der Waals surface area contributed by atoms with Crippen LogP contribution in [0.4, 0.5) is 11.4 Å². The van der Waals surface area contributed by atoms with Gasteiger partial charge in [-0.05, 0) is 55.3 Å². The summed E-state index contributed by atoms with van der Waals surface area (Å²) in [5, 5.41) is 7.16. The van der Waals surface area contributed by atoms with Crippen molar-refractivity contribution < 1.29 is 19.2 Å². The molecule has 2 amide bonds. The van der Waals surface area contributed by atoms with E-state index in [1.54, 1.807) is 53.4 Å². The van der Waals surface area contributed by atoms with Crippen molar-refractivity contribution >= 4 is 46.5 Å². The highest BCUT2D eigenvalue weighted by molar-refractivity contribution is 6.34. The summed E-state index contributed by atoms with van der Waals surface area (Å²) in [4.78, 5) is 43.6. The van der Waals surface area contributed by atoms with Crippen molar-refractivity contribution in [3.63, 3.8) is 0 Å². The van der Waals surface area contributed by atoms with Gasteiger partial charge in [0.25, 0.3) is 11.8 Å². The number of nitrogens with zero attached hydrogens (tertiary/aromatic N) is 2. The number of hydrogen-bond acceptors (Lipinski definition) is 5. The number of para-hydroxylation sites is 1. The quantitative estimate of drug-likeness (QED) is 0.409. The Morgan fingerprint density at radius 3 is 2.41 bits per heavy atom. The van der Waals surface area contributed by atoms with E-state index in [1.807, 2.05) is 24.3 Å². The van der Waals surface area contributed by atoms with Crippen LogP contribution in [0.1, 0.15) is 46.0 Å². The Labute approximate surface area is 202 Å². The molecule has 34 heavy (non-hydrogen) atoms. The van der Waals surface area contributed by atoms with Gasteiger partial charge in [-0.15, -0.1) is 0 Å². The van der Waals surface area contributed by atoms with Crippen LogP contribution in [-0.2, 0) is 9.63 Å². The molecule has 0 spiro atoms. The van der Waals surface area contributed by atoms with Crippen LogP contribution in [0.5, 0.6) is 0 Å². The molecule has 3 aromatic carbocycles. The molecule has 172 valence electrons. The molecule has 1 heterocycles. The van der Waals surface area contributed by atoms with Gasteiger partial charge in [0.15, 0.2) is 0 Å². The number of oxime groups is 1. The maximum Gasteiger partial charge on any atom is 0.331 e. The number of hydrogen-bond donors (Lipinski definition) is 1. The van der Waals surface area contributed by atoms with Crippen LogP contribution in [-0.4, -0.2) is 30.0 Å². The minimum Gasteiger partial charge on any atom is -0.322 e. The molecule has 0 aliphatic carbocycles. The van der Waals surface area contributed by atoms with E-state index in [1.165, 1.54) is 6.92 Å². The second-order valence-electron chi connectivity index (χ2n) is 7.71. The molecule has 0 fully saturated rings. The smallest absolute Gasteiger partial charge is 0.322 e. The number of carbonyl (C=O) groups is 3. The maximum absolute atomic E-state index is 13.4. The van der Waals surface area contributed by atoms with E-state index in [9.17, 15) is 14.4 Å². The van der Waals surface area contributed by atoms with Crippen molar-refractivity contribution in [1.82, 2.24) is 0 Å². The average molecular weight is 476 g/mol. The number of fused-ring (bicyclic) bond motifs is 1. The van der Waals surface area contributed by atoms with Crippen molar-refractivity contribution in [3.05, 3.63) is 94.5 Å². The number of rotatable bonds is 4. The Bertz CT molecular complexity index is 1270. The molecule has 3 aromatic rings. The van der Waals surface area contributed by atoms with Gasteiger partial charge in [-0.2, -0.15) is 0 Å². The third-order valence-corrected chi connectivity index (χ3v) is 5.67. The lowest BCUT2D eigenvalue weighted by molar-refractivity contribution is -0.140. The predicted molar refractivity (Wildman–Crippen MR) is 132 cm³/mol. The molecule has 0 unspecified atom stereocenters. The van der Waals surface area contributed by atoms with Gasteiger partial charge in [0.05, 0.1) is 22.0 Å². The minimum absolute atomic E-state index is 0.176. The predicted octanol–water partition coefficient (Wildman–Crippen LogP) is 5.30. The van der Waals surface area contributed by atoms with Crippen LogP contribution >= 0.6 is 11.6 Å². The highest BCUT2D eigenvalue weighted by Gasteiger charge is 2.25. The lowest BCUT2D eigenvalue weighted by Crippen LogP contribution is -2.31. The van der Waals surface area contributed by atoms with E-state index in [0.717, 1.165) is 5.56 Å². The third-order valence-electron chi connectivity index (χ3n) is 5.34. The van der Waals surface area contributed by atoms with E-state index in [-0.39, 0.29) is 11.8 Å². The van der Waals surface area contributed by atoms with E-state index in [4.69, 9.17) is 16.4 Å². The topological polar surface area (TPSA) is 88.1 Å². The van der Waals surface area contributed by atoms with Crippen LogP contribution in [0, 0.1) is 0 Å². The number of halogens is 1. The summed E-state index contributed by atoms with van der Waals surface area (Å²) in [7, 11) is 0. The first kappa shape index (κ1) is 23.2. The molecule has 0 radical (unpaired) electrons. The molecule has 0 saturated heterocycles. The summed E-state index contributed by atoms with van der Waals surface area (Å²) in [5.41, 5.74) is 3.47. The van der Waals surface area contributed by atoms with Crippen LogP contribution in [0.25, 0.3) is 0 Å². The molecule has 0 bridgehead atoms. The molecular weight excluding hydrogens is 454 g/mol. The van der Waals surface area contributed by atoms with Crippen LogP contribution in [0.3, 0.4) is 0 Å². The van der Waals surface area contributed by atoms with Gasteiger partial charge in [-0.3, -0.25) is 9.59 Å². The standard InChI is InChI=1S/C26H22ClN3O4/c1-17(31)34-29-23-10-6-16-30(24-11-5-3-8-21(23)24)26(33)18-12-14-19(15-13-18)28-25(32)20-7-2-4-9-22(20)27/h2-5,7-9,11-15H,6,10,16H2,1H3,(H,28,32). The zero-order valence-corrected chi connectivity index (χ0v) is 19.2. The molecule has 0 aromatic heterocycles. The van der Waals surface area contributed by atoms with Crippen molar-refractivity contribution in [3.8, 4) is 0 Å². The summed E-state index contributed by atoms with van der Waals surface area (Å²) < 4.78 is 0. The second kappa shape index (κ2) is 10.3. The normalized spacial score (nSPS) is 14.2. The number of nitrogens with one attached hydrogen (secondary N) is 1. The van der Waals surface area contributed by atoms with Gasteiger partial charge in [0.1, 0.15) is 0 Å². The van der Waals surface area contributed by atoms with Crippen molar-refractivity contribution in [1.29, 1.82) is 0 Å². The zero-order valence-electron chi connectivity index (χ0n) is 18.5. The molecule has 1 aliphatic heterocycles. The van der Waals surface area contributed by atoms with Crippen molar-refractivity contribution in [2.75, 3.05) is 16.8 Å².